The van der Waals surface area contributed by atoms with Crippen molar-refractivity contribution in [3.8, 4) is 5.75 Å². The number of ether oxygens (including phenoxy) is 1. The number of aliphatic hydroxyl groups is 1. The Balaban J connectivity index is 1.72. The SMILES string of the molecule is Cc1cc(C)cc(N2C(=O)C(=O)/C(=C(\O)c3ccc4c(c3)CCO4)C2c2ccc(F)cc2)c1. The van der Waals surface area contributed by atoms with Crippen LogP contribution in [0.3, 0.4) is 0 Å². The molecule has 166 valence electrons. The highest BCUT2D eigenvalue weighted by Crippen LogP contribution is 2.43. The molecule has 0 bridgehead atoms. The van der Waals surface area contributed by atoms with Crippen molar-refractivity contribution >= 4 is 23.1 Å². The number of nitrogens with zero attached hydrogens (tertiary/aromatic N) is 1. The molecule has 1 saturated heterocycles. The van der Waals surface area contributed by atoms with Crippen molar-refractivity contribution in [2.75, 3.05) is 11.5 Å². The number of Topliss-reactive ketones (excluding diaryl/α,β-unsaturated/α-hetero) is 1. The molecule has 1 atom stereocenters. The van der Waals surface area contributed by atoms with Crippen molar-refractivity contribution in [1.29, 1.82) is 0 Å². The maximum atomic E-state index is 13.7. The Kier molecular flexibility index (Phi) is 5.01. The van der Waals surface area contributed by atoms with E-state index in [0.29, 0.717) is 29.8 Å². The van der Waals surface area contributed by atoms with Gasteiger partial charge in [-0.15, -0.1) is 0 Å². The van der Waals surface area contributed by atoms with Crippen molar-refractivity contribution in [3.05, 3.63) is 99.9 Å². The topological polar surface area (TPSA) is 66.8 Å². The van der Waals surface area contributed by atoms with E-state index >= 15 is 0 Å². The number of halogens is 1. The maximum Gasteiger partial charge on any atom is 0.300 e. The van der Waals surface area contributed by atoms with Gasteiger partial charge in [0, 0.05) is 17.7 Å². The molecule has 3 aromatic carbocycles. The molecule has 1 amide bonds. The number of carbonyl (C=O) groups is 2. The lowest BCUT2D eigenvalue weighted by atomic mass is 9.94. The molecule has 0 aliphatic carbocycles. The van der Waals surface area contributed by atoms with Gasteiger partial charge in [0.05, 0.1) is 18.2 Å². The molecule has 0 saturated carbocycles. The van der Waals surface area contributed by atoms with Gasteiger partial charge in [-0.3, -0.25) is 14.5 Å². The first-order valence-electron chi connectivity index (χ1n) is 10.7. The first kappa shape index (κ1) is 20.9. The van der Waals surface area contributed by atoms with Crippen molar-refractivity contribution in [1.82, 2.24) is 0 Å². The quantitative estimate of drug-likeness (QED) is 0.351. The van der Waals surface area contributed by atoms with Gasteiger partial charge in [0.2, 0.25) is 0 Å². The molecule has 1 fully saturated rings. The molecule has 2 aliphatic rings. The van der Waals surface area contributed by atoms with Crippen molar-refractivity contribution in [3.63, 3.8) is 0 Å². The number of rotatable bonds is 3. The number of aryl methyl sites for hydroxylation is 2. The second-order valence-electron chi connectivity index (χ2n) is 8.49. The number of aliphatic hydroxyl groups excluding tert-OH is 1. The largest absolute Gasteiger partial charge is 0.507 e. The normalized spacial score (nSPS) is 19.0. The highest BCUT2D eigenvalue weighted by atomic mass is 19.1. The monoisotopic (exact) mass is 443 g/mol. The van der Waals surface area contributed by atoms with E-state index in [9.17, 15) is 19.1 Å². The number of carbonyl (C=O) groups excluding carboxylic acids is 2. The van der Waals surface area contributed by atoms with Crippen LogP contribution in [0.4, 0.5) is 10.1 Å². The molecule has 33 heavy (non-hydrogen) atoms. The zero-order chi connectivity index (χ0) is 23.3. The summed E-state index contributed by atoms with van der Waals surface area (Å²) in [6.45, 7) is 4.38. The average Bonchev–Trinajstić information content (AvgIpc) is 3.35. The van der Waals surface area contributed by atoms with Crippen LogP contribution in [0.5, 0.6) is 5.75 Å². The minimum atomic E-state index is -0.892. The van der Waals surface area contributed by atoms with Crippen molar-refractivity contribution in [2.45, 2.75) is 26.3 Å². The molecule has 2 heterocycles. The van der Waals surface area contributed by atoms with Crippen LogP contribution in [0.25, 0.3) is 5.76 Å². The first-order chi connectivity index (χ1) is 15.8. The van der Waals surface area contributed by atoms with Crippen molar-refractivity contribution < 1.29 is 23.8 Å². The minimum Gasteiger partial charge on any atom is -0.507 e. The number of benzene rings is 3. The van der Waals surface area contributed by atoms with Crippen LogP contribution in [0, 0.1) is 19.7 Å². The number of hydrogen-bond donors (Lipinski definition) is 1. The highest BCUT2D eigenvalue weighted by Gasteiger charge is 2.47. The lowest BCUT2D eigenvalue weighted by Gasteiger charge is -2.26. The molecule has 3 aromatic rings. The van der Waals surface area contributed by atoms with Gasteiger partial charge < -0.3 is 9.84 Å². The lowest BCUT2D eigenvalue weighted by Crippen LogP contribution is -2.29. The van der Waals surface area contributed by atoms with E-state index in [-0.39, 0.29) is 11.3 Å². The fraction of sp³-hybridized carbons (Fsp3) is 0.185. The number of hydrogen-bond acceptors (Lipinski definition) is 4. The highest BCUT2D eigenvalue weighted by molar-refractivity contribution is 6.51. The fourth-order valence-electron chi connectivity index (χ4n) is 4.64. The summed E-state index contributed by atoms with van der Waals surface area (Å²) in [5.74, 6) is -1.46. The van der Waals surface area contributed by atoms with Crippen LogP contribution in [0.1, 0.15) is 33.9 Å². The second-order valence-corrected chi connectivity index (χ2v) is 8.49. The third-order valence-corrected chi connectivity index (χ3v) is 6.08. The van der Waals surface area contributed by atoms with Gasteiger partial charge in [-0.05, 0) is 78.6 Å². The third-order valence-electron chi connectivity index (χ3n) is 6.08. The molecular weight excluding hydrogens is 421 g/mol. The van der Waals surface area contributed by atoms with E-state index < -0.39 is 23.5 Å². The summed E-state index contributed by atoms with van der Waals surface area (Å²) < 4.78 is 19.2. The zero-order valence-corrected chi connectivity index (χ0v) is 18.3. The Morgan fingerprint density at radius 3 is 2.39 bits per heavy atom. The number of fused-ring (bicyclic) bond motifs is 1. The Hall–Kier alpha value is -3.93. The predicted octanol–water partition coefficient (Wildman–Crippen LogP) is 5.00. The Morgan fingerprint density at radius 2 is 1.70 bits per heavy atom. The van der Waals surface area contributed by atoms with E-state index in [0.717, 1.165) is 22.4 Å². The van der Waals surface area contributed by atoms with Gasteiger partial charge >= 0.3 is 0 Å². The molecule has 1 unspecified atom stereocenters. The van der Waals surface area contributed by atoms with Crippen LogP contribution in [-0.2, 0) is 16.0 Å². The van der Waals surface area contributed by atoms with Crippen LogP contribution < -0.4 is 9.64 Å². The predicted molar refractivity (Wildman–Crippen MR) is 123 cm³/mol. The van der Waals surface area contributed by atoms with Crippen LogP contribution in [-0.4, -0.2) is 23.4 Å². The molecule has 0 aromatic heterocycles. The number of anilines is 1. The summed E-state index contributed by atoms with van der Waals surface area (Å²) in [6.07, 6.45) is 0.703. The zero-order valence-electron chi connectivity index (χ0n) is 18.3. The van der Waals surface area contributed by atoms with Crippen LogP contribution in [0.2, 0.25) is 0 Å². The number of amides is 1. The van der Waals surface area contributed by atoms with E-state index in [1.807, 2.05) is 32.0 Å². The molecule has 6 heteroatoms. The van der Waals surface area contributed by atoms with Crippen LogP contribution in [0.15, 0.2) is 66.2 Å². The molecule has 2 aliphatic heterocycles. The Morgan fingerprint density at radius 1 is 1.00 bits per heavy atom. The van der Waals surface area contributed by atoms with Gasteiger partial charge in [-0.1, -0.05) is 18.2 Å². The summed E-state index contributed by atoms with van der Waals surface area (Å²) in [5, 5.41) is 11.3. The number of ketones is 1. The second kappa shape index (κ2) is 7.89. The average molecular weight is 443 g/mol. The minimum absolute atomic E-state index is 0.0235. The summed E-state index contributed by atoms with van der Waals surface area (Å²) >= 11 is 0. The fourth-order valence-corrected chi connectivity index (χ4v) is 4.64. The van der Waals surface area contributed by atoms with Crippen LogP contribution >= 0.6 is 0 Å². The van der Waals surface area contributed by atoms with Gasteiger partial charge in [0.25, 0.3) is 11.7 Å². The van der Waals surface area contributed by atoms with E-state index in [1.165, 1.54) is 29.2 Å². The van der Waals surface area contributed by atoms with E-state index in [1.54, 1.807) is 18.2 Å². The van der Waals surface area contributed by atoms with Gasteiger partial charge in [0.15, 0.2) is 0 Å². The van der Waals surface area contributed by atoms with E-state index in [2.05, 4.69) is 0 Å². The maximum absolute atomic E-state index is 13.7. The molecule has 1 N–H and O–H groups in total. The van der Waals surface area contributed by atoms with Gasteiger partial charge in [-0.2, -0.15) is 0 Å². The molecule has 5 rings (SSSR count). The third kappa shape index (κ3) is 3.57. The molecular formula is C27H22FNO4. The smallest absolute Gasteiger partial charge is 0.300 e. The summed E-state index contributed by atoms with van der Waals surface area (Å²) in [5.41, 5.74) is 4.29. The lowest BCUT2D eigenvalue weighted by molar-refractivity contribution is -0.132. The van der Waals surface area contributed by atoms with Gasteiger partial charge in [-0.25, -0.2) is 4.39 Å². The molecule has 0 radical (unpaired) electrons. The summed E-state index contributed by atoms with van der Waals surface area (Å²) in [4.78, 5) is 27.9. The van der Waals surface area contributed by atoms with E-state index in [4.69, 9.17) is 4.74 Å². The molecule has 0 spiro atoms. The summed E-state index contributed by atoms with van der Waals surface area (Å²) in [7, 11) is 0. The Labute approximate surface area is 190 Å². The van der Waals surface area contributed by atoms with Crippen molar-refractivity contribution in [2.24, 2.45) is 0 Å². The summed E-state index contributed by atoms with van der Waals surface area (Å²) in [6, 6.07) is 15.6. The van der Waals surface area contributed by atoms with Gasteiger partial charge in [0.1, 0.15) is 17.3 Å². The Bertz CT molecular complexity index is 1310. The standard InChI is InChI=1S/C27H22FNO4/c1-15-11-16(2)13-21(12-15)29-24(17-3-6-20(28)7-4-17)23(26(31)27(29)32)25(30)19-5-8-22-18(14-19)9-10-33-22/h3-8,11-14,24,30H,9-10H2,1-2H3/b25-23-. The first-order valence-corrected chi connectivity index (χ1v) is 10.7. The molecule has 5 nitrogen and oxygen atoms in total.